The summed E-state index contributed by atoms with van der Waals surface area (Å²) < 4.78 is 0. The van der Waals surface area contributed by atoms with Crippen LogP contribution in [0, 0.1) is 0 Å². The van der Waals surface area contributed by atoms with Gasteiger partial charge >= 0.3 is 0 Å². The van der Waals surface area contributed by atoms with Crippen LogP contribution < -0.4 is 52.6 Å². The van der Waals surface area contributed by atoms with E-state index in [1.165, 1.54) is 42.4 Å². The monoisotopic (exact) mass is 1480 g/mol. The summed E-state index contributed by atoms with van der Waals surface area (Å²) in [5, 5.41) is 112. The van der Waals surface area contributed by atoms with E-state index in [2.05, 4.69) is 243 Å². The lowest BCUT2D eigenvalue weighted by atomic mass is 10.1. The van der Waals surface area contributed by atoms with Crippen LogP contribution in [-0.2, 0) is 0 Å². The zero-order valence-electron chi connectivity index (χ0n) is 59.4. The summed E-state index contributed by atoms with van der Waals surface area (Å²) in [6, 6.07) is 135. The fourth-order valence-corrected chi connectivity index (χ4v) is 21.1. The van der Waals surface area contributed by atoms with Crippen LogP contribution in [0.2, 0.25) is 0 Å². The fraction of sp³-hybridized carbons (Fsp3) is 0. The highest BCUT2D eigenvalue weighted by Gasteiger charge is 2.49. The first kappa shape index (κ1) is 77.1. The Kier molecular flexibility index (Phi) is 26.1. The zero-order chi connectivity index (χ0) is 77.2. The number of hydrogen-bond donors (Lipinski definition) is 8. The predicted molar refractivity (Wildman–Crippen MR) is 447 cm³/mol. The Morgan fingerprint density at radius 3 is 0.391 bits per heavy atom. The molecule has 17 rings (SSSR count). The van der Waals surface area contributed by atoms with Gasteiger partial charge in [-0.15, -0.1) is 0 Å². The maximum atomic E-state index is 10.2. The summed E-state index contributed by atoms with van der Waals surface area (Å²) in [4.78, 5) is 20.4. The lowest BCUT2D eigenvalue weighted by Gasteiger charge is -2.27. The molecule has 17 aromatic rings. The second kappa shape index (κ2) is 37.3. The van der Waals surface area contributed by atoms with Gasteiger partial charge in [0.1, 0.15) is 57.0 Å². The minimum atomic E-state index is -1.91. The third kappa shape index (κ3) is 18.8. The summed E-state index contributed by atoms with van der Waals surface area (Å²) in [5.41, 5.74) is -0.111. The van der Waals surface area contributed by atoms with E-state index >= 15 is 0 Å². The third-order valence-electron chi connectivity index (χ3n) is 17.9. The standard InChI is InChI=1S/2C24H20P.4C10H8O2.C8H6O4/c2*1-5-13-21(14-6-1)25(22-15-7-2-8-16-22,23-17-9-3-10-18-23)24-19-11-4-12-20-24;4*11-9-5-7-3-1-2-4-8(7)6-10(9)12;9-7(10)5-1-2-6(4-3-5)8(11)12/h2*1-20H;4*1-6,11-12H;1-4H,(H,9,10)(H,11,12)/q2*+1;;;;;/p-2. The molecule has 0 saturated heterocycles. The minimum Gasteiger partial charge on any atom is -0.545 e. The maximum Gasteiger partial charge on any atom is 0.158 e. The average Bonchev–Trinajstić information content (AvgIpc) is 0.742. The molecule has 542 valence electrons. The van der Waals surface area contributed by atoms with Gasteiger partial charge in [-0.2, -0.15) is 0 Å². The van der Waals surface area contributed by atoms with Crippen LogP contribution in [0.3, 0.4) is 0 Å². The normalized spacial score (nSPS) is 10.6. The number of benzene rings is 17. The van der Waals surface area contributed by atoms with Gasteiger partial charge < -0.3 is 60.7 Å². The molecule has 0 aliphatic carbocycles. The van der Waals surface area contributed by atoms with Crippen molar-refractivity contribution in [1.82, 2.24) is 0 Å². The summed E-state index contributed by atoms with van der Waals surface area (Å²) >= 11 is 0. The molecule has 0 heterocycles. The Morgan fingerprint density at radius 2 is 0.282 bits per heavy atom. The SMILES string of the molecule is O=C([O-])c1ccc(C(=O)[O-])cc1.Oc1cc2ccccc2cc1O.Oc1cc2ccccc2cc1O.Oc1cc2ccccc2cc1O.Oc1cc2ccccc2cc1O.c1ccc([P+](c2ccccc2)(c2ccccc2)c2ccccc2)cc1.c1ccc([P+](c2ccccc2)(c2ccccc2)c2ccccc2)cc1. The Bertz CT molecular complexity index is 4800. The maximum absolute atomic E-state index is 10.2. The van der Waals surface area contributed by atoms with Gasteiger partial charge in [0.25, 0.3) is 0 Å². The summed E-state index contributed by atoms with van der Waals surface area (Å²) in [6.07, 6.45) is 0. The van der Waals surface area contributed by atoms with Gasteiger partial charge in [0.05, 0.1) is 11.9 Å². The highest BCUT2D eigenvalue weighted by molar-refractivity contribution is 8.02. The van der Waals surface area contributed by atoms with Gasteiger partial charge in [0.2, 0.25) is 0 Å². The molecule has 0 amide bonds. The molecule has 12 nitrogen and oxygen atoms in total. The van der Waals surface area contributed by atoms with Crippen LogP contribution >= 0.6 is 14.5 Å². The molecule has 0 atom stereocenters. The minimum absolute atomic E-state index is 0.0556. The first-order valence-corrected chi connectivity index (χ1v) is 38.5. The van der Waals surface area contributed by atoms with Crippen molar-refractivity contribution in [2.75, 3.05) is 0 Å². The van der Waals surface area contributed by atoms with Crippen molar-refractivity contribution in [2.45, 2.75) is 0 Å². The van der Waals surface area contributed by atoms with Crippen molar-refractivity contribution in [1.29, 1.82) is 0 Å². The van der Waals surface area contributed by atoms with Crippen molar-refractivity contribution < 1.29 is 60.7 Å². The molecule has 0 spiro atoms. The van der Waals surface area contributed by atoms with Crippen LogP contribution in [0.1, 0.15) is 20.7 Å². The molecule has 0 aliphatic heterocycles. The van der Waals surface area contributed by atoms with Crippen LogP contribution in [0.15, 0.2) is 413 Å². The van der Waals surface area contributed by atoms with E-state index in [0.717, 1.165) is 67.4 Å². The van der Waals surface area contributed by atoms with Gasteiger partial charge in [0.15, 0.2) is 46.0 Å². The molecule has 8 N–H and O–H groups in total. The molecule has 0 bridgehead atoms. The highest BCUT2D eigenvalue weighted by atomic mass is 31.2. The lowest BCUT2D eigenvalue weighted by Crippen LogP contribution is -2.38. The Hall–Kier alpha value is -14.0. The van der Waals surface area contributed by atoms with E-state index in [-0.39, 0.29) is 57.1 Å². The van der Waals surface area contributed by atoms with E-state index in [0.29, 0.717) is 0 Å². The van der Waals surface area contributed by atoms with Gasteiger partial charge in [-0.3, -0.25) is 0 Å². The van der Waals surface area contributed by atoms with E-state index in [1.807, 2.05) is 97.1 Å². The molecule has 14 heteroatoms. The topological polar surface area (TPSA) is 242 Å². The van der Waals surface area contributed by atoms with E-state index in [1.54, 1.807) is 48.5 Å². The lowest BCUT2D eigenvalue weighted by molar-refractivity contribution is -0.256. The van der Waals surface area contributed by atoms with Crippen molar-refractivity contribution in [3.63, 3.8) is 0 Å². The quantitative estimate of drug-likeness (QED) is 0.0471. The summed E-state index contributed by atoms with van der Waals surface area (Å²) in [6.45, 7) is 0. The van der Waals surface area contributed by atoms with E-state index in [4.69, 9.17) is 40.9 Å². The number of carboxylic acids is 2. The number of aromatic carboxylic acids is 2. The van der Waals surface area contributed by atoms with Gasteiger partial charge in [-0.25, -0.2) is 0 Å². The first-order valence-electron chi connectivity index (χ1n) is 34.9. The molecule has 0 fully saturated rings. The molecule has 17 aromatic carbocycles. The van der Waals surface area contributed by atoms with Gasteiger partial charge in [0, 0.05) is 0 Å². The van der Waals surface area contributed by atoms with Crippen LogP contribution in [0.25, 0.3) is 43.1 Å². The number of phenols is 8. The summed E-state index contributed by atoms with van der Waals surface area (Å²) in [5.74, 6) is -3.27. The van der Waals surface area contributed by atoms with Gasteiger partial charge in [-0.05, 0) is 200 Å². The van der Waals surface area contributed by atoms with Crippen molar-refractivity contribution >= 4 is 112 Å². The van der Waals surface area contributed by atoms with Crippen LogP contribution in [0.4, 0.5) is 0 Å². The second-order valence-electron chi connectivity index (χ2n) is 24.9. The molecule has 0 aliphatic rings. The third-order valence-corrected chi connectivity index (χ3v) is 26.5. The largest absolute Gasteiger partial charge is 0.545 e. The average molecular weight is 1480 g/mol. The number of aromatic hydroxyl groups is 8. The molecular formula is C96H76O12P2. The van der Waals surface area contributed by atoms with Crippen molar-refractivity contribution in [2.24, 2.45) is 0 Å². The van der Waals surface area contributed by atoms with Crippen LogP contribution in [-0.4, -0.2) is 52.8 Å². The molecule has 0 radical (unpaired) electrons. The predicted octanol–water partition coefficient (Wildman–Crippen LogP) is 16.0. The number of rotatable bonds is 10. The first-order chi connectivity index (χ1) is 53.5. The number of fused-ring (bicyclic) bond motifs is 4. The Labute approximate surface area is 638 Å². The van der Waals surface area contributed by atoms with E-state index in [9.17, 15) is 19.8 Å². The number of phenolic OH excluding ortho intramolecular Hbond substituents is 8. The smallest absolute Gasteiger partial charge is 0.158 e. The van der Waals surface area contributed by atoms with Gasteiger partial charge in [-0.1, -0.05) is 267 Å². The Morgan fingerprint density at radius 1 is 0.173 bits per heavy atom. The highest BCUT2D eigenvalue weighted by Crippen LogP contribution is 2.55. The number of carboxylic acid groups (broad SMARTS) is 2. The summed E-state index contributed by atoms with van der Waals surface area (Å²) in [7, 11) is -3.81. The molecule has 0 aromatic heterocycles. The fourth-order valence-electron chi connectivity index (χ4n) is 12.6. The van der Waals surface area contributed by atoms with Crippen LogP contribution in [0.5, 0.6) is 46.0 Å². The second-order valence-corrected chi connectivity index (χ2v) is 31.7. The molecule has 110 heavy (non-hydrogen) atoms. The number of hydrogen-bond acceptors (Lipinski definition) is 12. The number of carbonyl (C=O) groups is 2. The molecular weight excluding hydrogens is 1410 g/mol. The number of carbonyl (C=O) groups excluding carboxylic acids is 2. The molecule has 0 saturated carbocycles. The van der Waals surface area contributed by atoms with Crippen molar-refractivity contribution in [3.05, 3.63) is 424 Å². The Balaban J connectivity index is 0.000000131. The van der Waals surface area contributed by atoms with Crippen molar-refractivity contribution in [3.8, 4) is 46.0 Å². The molecule has 0 unspecified atom stereocenters. The zero-order valence-corrected chi connectivity index (χ0v) is 61.2. The van der Waals surface area contributed by atoms with E-state index < -0.39 is 26.5 Å².